The Morgan fingerprint density at radius 1 is 1.11 bits per heavy atom. The Bertz CT molecular complexity index is 832. The van der Waals surface area contributed by atoms with E-state index in [2.05, 4.69) is 48.3 Å². The first-order valence-electron chi connectivity index (χ1n) is 10.1. The van der Waals surface area contributed by atoms with Crippen LogP contribution in [0.25, 0.3) is 0 Å². The molecule has 1 atom stereocenters. The van der Waals surface area contributed by atoms with Gasteiger partial charge in [-0.3, -0.25) is 9.69 Å². The van der Waals surface area contributed by atoms with E-state index in [4.69, 9.17) is 9.47 Å². The summed E-state index contributed by atoms with van der Waals surface area (Å²) in [5.74, 6) is 2.13. The van der Waals surface area contributed by atoms with Crippen molar-refractivity contribution in [3.63, 3.8) is 0 Å². The number of ether oxygens (including phenoxy) is 2. The zero-order chi connectivity index (χ0) is 19.5. The van der Waals surface area contributed by atoms with E-state index >= 15 is 0 Å². The Morgan fingerprint density at radius 2 is 1.86 bits per heavy atom. The number of amides is 1. The number of hydrogen-bond donors (Lipinski definition) is 1. The van der Waals surface area contributed by atoms with Crippen LogP contribution in [-0.4, -0.2) is 37.1 Å². The molecule has 2 aliphatic rings. The fourth-order valence-corrected chi connectivity index (χ4v) is 4.00. The molecule has 2 aromatic carbocycles. The molecule has 2 aromatic rings. The SMILES string of the molecule is CC(C)c1ccc(NC(=O)CN2CCC[C@@H]2c2ccc3c(c2)OCCO3)cc1. The smallest absolute Gasteiger partial charge is 0.238 e. The van der Waals surface area contributed by atoms with Crippen molar-refractivity contribution in [1.29, 1.82) is 0 Å². The molecule has 0 aromatic heterocycles. The van der Waals surface area contributed by atoms with Crippen molar-refractivity contribution in [2.75, 3.05) is 31.6 Å². The number of carbonyl (C=O) groups excluding carboxylic acids is 1. The van der Waals surface area contributed by atoms with Crippen LogP contribution in [0.15, 0.2) is 42.5 Å². The van der Waals surface area contributed by atoms with Gasteiger partial charge >= 0.3 is 0 Å². The molecule has 1 fully saturated rings. The van der Waals surface area contributed by atoms with Gasteiger partial charge in [0, 0.05) is 11.7 Å². The van der Waals surface area contributed by atoms with E-state index in [0.717, 1.165) is 36.6 Å². The van der Waals surface area contributed by atoms with Crippen LogP contribution >= 0.6 is 0 Å². The summed E-state index contributed by atoms with van der Waals surface area (Å²) in [6, 6.07) is 14.5. The van der Waals surface area contributed by atoms with Gasteiger partial charge in [0.25, 0.3) is 0 Å². The molecule has 148 valence electrons. The number of nitrogens with zero attached hydrogens (tertiary/aromatic N) is 1. The minimum atomic E-state index is 0.0294. The summed E-state index contributed by atoms with van der Waals surface area (Å²) in [7, 11) is 0. The van der Waals surface area contributed by atoms with Crippen LogP contribution in [0.1, 0.15) is 49.8 Å². The summed E-state index contributed by atoms with van der Waals surface area (Å²) in [6.45, 7) is 6.84. The van der Waals surface area contributed by atoms with Crippen LogP contribution in [0.4, 0.5) is 5.69 Å². The van der Waals surface area contributed by atoms with E-state index in [1.54, 1.807) is 0 Å². The highest BCUT2D eigenvalue weighted by molar-refractivity contribution is 5.92. The molecule has 4 rings (SSSR count). The van der Waals surface area contributed by atoms with Crippen molar-refractivity contribution in [2.45, 2.75) is 38.6 Å². The molecular weight excluding hydrogens is 352 g/mol. The highest BCUT2D eigenvalue weighted by Gasteiger charge is 2.28. The predicted molar refractivity (Wildman–Crippen MR) is 110 cm³/mol. The fraction of sp³-hybridized carbons (Fsp3) is 0.435. The monoisotopic (exact) mass is 380 g/mol. The zero-order valence-corrected chi connectivity index (χ0v) is 16.6. The van der Waals surface area contributed by atoms with Crippen molar-refractivity contribution in [2.24, 2.45) is 0 Å². The summed E-state index contributed by atoms with van der Waals surface area (Å²) in [4.78, 5) is 14.9. The van der Waals surface area contributed by atoms with Gasteiger partial charge in [0.15, 0.2) is 11.5 Å². The maximum atomic E-state index is 12.6. The van der Waals surface area contributed by atoms with E-state index in [-0.39, 0.29) is 11.9 Å². The van der Waals surface area contributed by atoms with Gasteiger partial charge in [-0.1, -0.05) is 32.0 Å². The van der Waals surface area contributed by atoms with Crippen LogP contribution in [0.5, 0.6) is 11.5 Å². The first-order valence-corrected chi connectivity index (χ1v) is 10.1. The van der Waals surface area contributed by atoms with Gasteiger partial charge in [-0.25, -0.2) is 0 Å². The number of hydrogen-bond acceptors (Lipinski definition) is 4. The molecule has 0 unspecified atom stereocenters. The van der Waals surface area contributed by atoms with Gasteiger partial charge in [0.05, 0.1) is 6.54 Å². The summed E-state index contributed by atoms with van der Waals surface area (Å²) in [5.41, 5.74) is 3.32. The molecule has 2 aliphatic heterocycles. The third kappa shape index (κ3) is 4.14. The molecule has 0 spiro atoms. The molecule has 0 saturated carbocycles. The molecule has 0 bridgehead atoms. The number of fused-ring (bicyclic) bond motifs is 1. The quantitative estimate of drug-likeness (QED) is 0.837. The van der Waals surface area contributed by atoms with Crippen molar-refractivity contribution in [1.82, 2.24) is 4.90 Å². The molecule has 0 aliphatic carbocycles. The lowest BCUT2D eigenvalue weighted by Gasteiger charge is -2.26. The van der Waals surface area contributed by atoms with Crippen molar-refractivity contribution in [3.05, 3.63) is 53.6 Å². The number of likely N-dealkylation sites (tertiary alicyclic amines) is 1. The molecule has 5 nitrogen and oxygen atoms in total. The first-order chi connectivity index (χ1) is 13.6. The first kappa shape index (κ1) is 18.8. The lowest BCUT2D eigenvalue weighted by Crippen LogP contribution is -2.33. The normalized spacial score (nSPS) is 19.0. The predicted octanol–water partition coefficient (Wildman–Crippen LogP) is 4.36. The van der Waals surface area contributed by atoms with Gasteiger partial charge in [0.1, 0.15) is 13.2 Å². The maximum absolute atomic E-state index is 12.6. The molecule has 2 heterocycles. The summed E-state index contributed by atoms with van der Waals surface area (Å²) in [6.07, 6.45) is 2.14. The standard InChI is InChI=1S/C23H28N2O3/c1-16(2)17-5-8-19(9-6-17)24-23(26)15-25-11-3-4-20(25)18-7-10-21-22(14-18)28-13-12-27-21/h5-10,14,16,20H,3-4,11-13,15H2,1-2H3,(H,24,26)/t20-/m1/s1. The van der Waals surface area contributed by atoms with Crippen molar-refractivity contribution < 1.29 is 14.3 Å². The Morgan fingerprint density at radius 3 is 2.61 bits per heavy atom. The maximum Gasteiger partial charge on any atom is 0.238 e. The van der Waals surface area contributed by atoms with Gasteiger partial charge in [-0.05, 0) is 60.7 Å². The molecule has 1 amide bonds. The van der Waals surface area contributed by atoms with E-state index in [0.29, 0.717) is 25.7 Å². The number of anilines is 1. The van der Waals surface area contributed by atoms with Crippen LogP contribution in [0.3, 0.4) is 0 Å². The van der Waals surface area contributed by atoms with Crippen LogP contribution < -0.4 is 14.8 Å². The molecule has 28 heavy (non-hydrogen) atoms. The van der Waals surface area contributed by atoms with E-state index in [9.17, 15) is 4.79 Å². The van der Waals surface area contributed by atoms with E-state index in [1.165, 1.54) is 11.1 Å². The summed E-state index contributed by atoms with van der Waals surface area (Å²) in [5, 5.41) is 3.03. The lowest BCUT2D eigenvalue weighted by atomic mass is 10.0. The molecular formula is C23H28N2O3. The fourth-order valence-electron chi connectivity index (χ4n) is 4.00. The van der Waals surface area contributed by atoms with Crippen LogP contribution in [0.2, 0.25) is 0 Å². The highest BCUT2D eigenvalue weighted by Crippen LogP contribution is 2.37. The van der Waals surface area contributed by atoms with Crippen LogP contribution in [0, 0.1) is 0 Å². The van der Waals surface area contributed by atoms with Gasteiger partial charge in [-0.15, -0.1) is 0 Å². The number of carbonyl (C=O) groups is 1. The number of nitrogens with one attached hydrogen (secondary N) is 1. The zero-order valence-electron chi connectivity index (χ0n) is 16.6. The average Bonchev–Trinajstić information content (AvgIpc) is 3.16. The van der Waals surface area contributed by atoms with E-state index in [1.807, 2.05) is 18.2 Å². The van der Waals surface area contributed by atoms with Gasteiger partial charge < -0.3 is 14.8 Å². The highest BCUT2D eigenvalue weighted by atomic mass is 16.6. The summed E-state index contributed by atoms with van der Waals surface area (Å²) >= 11 is 0. The Labute approximate surface area is 166 Å². The van der Waals surface area contributed by atoms with Crippen LogP contribution in [-0.2, 0) is 4.79 Å². The summed E-state index contributed by atoms with van der Waals surface area (Å²) < 4.78 is 11.3. The van der Waals surface area contributed by atoms with Gasteiger partial charge in [0.2, 0.25) is 5.91 Å². The van der Waals surface area contributed by atoms with Crippen molar-refractivity contribution in [3.8, 4) is 11.5 Å². The van der Waals surface area contributed by atoms with E-state index < -0.39 is 0 Å². The Hall–Kier alpha value is -2.53. The molecule has 1 saturated heterocycles. The topological polar surface area (TPSA) is 50.8 Å². The lowest BCUT2D eigenvalue weighted by molar-refractivity contribution is -0.117. The number of benzene rings is 2. The Balaban J connectivity index is 1.40. The number of rotatable bonds is 5. The second-order valence-electron chi connectivity index (χ2n) is 7.86. The second kappa shape index (κ2) is 8.23. The third-order valence-electron chi connectivity index (χ3n) is 5.52. The van der Waals surface area contributed by atoms with Crippen molar-refractivity contribution >= 4 is 11.6 Å². The minimum absolute atomic E-state index is 0.0294. The largest absolute Gasteiger partial charge is 0.486 e. The molecule has 0 radical (unpaired) electrons. The minimum Gasteiger partial charge on any atom is -0.486 e. The molecule has 5 heteroatoms. The van der Waals surface area contributed by atoms with Gasteiger partial charge in [-0.2, -0.15) is 0 Å². The second-order valence-corrected chi connectivity index (χ2v) is 7.86. The third-order valence-corrected chi connectivity index (χ3v) is 5.52. The Kier molecular flexibility index (Phi) is 5.53. The average molecular weight is 380 g/mol. The molecule has 1 N–H and O–H groups in total.